The van der Waals surface area contributed by atoms with Gasteiger partial charge in [0.2, 0.25) is 0 Å². The summed E-state index contributed by atoms with van der Waals surface area (Å²) in [6.45, 7) is -0.426. The van der Waals surface area contributed by atoms with Crippen LogP contribution in [-0.4, -0.2) is 20.4 Å². The van der Waals surface area contributed by atoms with Gasteiger partial charge in [-0.25, -0.2) is 0 Å². The highest BCUT2D eigenvalue weighted by molar-refractivity contribution is 7.00. The zero-order valence-corrected chi connectivity index (χ0v) is 66.0. The Balaban J connectivity index is 0.872. The quantitative estimate of drug-likeness (QED) is 0.149. The Bertz CT molecular complexity index is 7670. The van der Waals surface area contributed by atoms with Gasteiger partial charge in [-0.05, 0) is 182 Å². The standard InChI is InChI=1S/C114H70BN5O2/c1-7-31-71(32-8-1)75-55-61-100-88(63-75)92-67-102-90(84-45-21-27-51-98(84)116(102)77-39-15-5-16-40-77)69-108(92)121-106-53-29-23-47-86(106)110-80(73-35-11-3-12-36-73)57-59-94-113(110)119(100)104-65-79(118-96-49-25-19-43-82(96)83-44-20-26-50-97(83)118)66-105-112(104)115(94)95-60-58-81(74-37-13-4-14-38-74)111-87-48-24-30-54-107(87)122-109-70-91-85-46-22-28-52-99(85)117(78-41-17-6-18-42-78)103(91)68-93(109)89-64-76(72-33-9-2-10-34-72)56-62-101(89)120(105)114(95)111/h1-70H. The molecule has 566 valence electrons. The summed E-state index contributed by atoms with van der Waals surface area (Å²) < 4.78 is 23.5. The second-order valence-corrected chi connectivity index (χ2v) is 32.5. The number of benzene rings is 19. The molecule has 19 aromatic carbocycles. The van der Waals surface area contributed by atoms with Gasteiger partial charge >= 0.3 is 0 Å². The number of hydrogen-bond donors (Lipinski definition) is 0. The molecule has 4 aliphatic rings. The van der Waals surface area contributed by atoms with Gasteiger partial charge in [-0.3, -0.25) is 0 Å². The number of para-hydroxylation sites is 8. The lowest BCUT2D eigenvalue weighted by Gasteiger charge is -2.47. The molecule has 0 aliphatic carbocycles. The summed E-state index contributed by atoms with van der Waals surface area (Å²) in [6.07, 6.45) is 0. The van der Waals surface area contributed by atoms with Crippen LogP contribution in [0, 0.1) is 0 Å². The number of nitrogens with zero attached hydrogens (tertiary/aromatic N) is 5. The minimum Gasteiger partial charge on any atom is -0.456 e. The van der Waals surface area contributed by atoms with Crippen LogP contribution in [0.5, 0.6) is 23.0 Å². The highest BCUT2D eigenvalue weighted by Gasteiger charge is 2.48. The minimum absolute atomic E-state index is 0.426. The summed E-state index contributed by atoms with van der Waals surface area (Å²) in [5.41, 5.74) is 35.9. The predicted molar refractivity (Wildman–Crippen MR) is 507 cm³/mol. The number of fused-ring (bicyclic) bond motifs is 25. The summed E-state index contributed by atoms with van der Waals surface area (Å²) in [4.78, 5) is 5.42. The smallest absolute Gasteiger partial charge is 0.252 e. The molecule has 0 fully saturated rings. The fraction of sp³-hybridized carbons (Fsp3) is 0. The third kappa shape index (κ3) is 10.1. The van der Waals surface area contributed by atoms with Gasteiger partial charge in [-0.15, -0.1) is 0 Å². The van der Waals surface area contributed by atoms with Gasteiger partial charge in [0.1, 0.15) is 23.0 Å². The molecule has 0 radical (unpaired) electrons. The molecule has 4 aliphatic heterocycles. The summed E-state index contributed by atoms with van der Waals surface area (Å²) >= 11 is 0. The van der Waals surface area contributed by atoms with Crippen LogP contribution in [-0.2, 0) is 0 Å². The van der Waals surface area contributed by atoms with Gasteiger partial charge in [0.25, 0.3) is 6.71 Å². The van der Waals surface area contributed by atoms with Gasteiger partial charge in [0.15, 0.2) is 0 Å². The molecule has 0 unspecified atom stereocenters. The van der Waals surface area contributed by atoms with Crippen molar-refractivity contribution in [1.82, 2.24) is 13.7 Å². The van der Waals surface area contributed by atoms with Crippen molar-refractivity contribution in [2.45, 2.75) is 0 Å². The van der Waals surface area contributed by atoms with Crippen LogP contribution in [0.15, 0.2) is 425 Å². The number of anilines is 6. The molecule has 0 bridgehead atoms. The van der Waals surface area contributed by atoms with Crippen molar-refractivity contribution in [3.8, 4) is 129 Å². The van der Waals surface area contributed by atoms with Crippen molar-refractivity contribution < 1.29 is 9.47 Å². The van der Waals surface area contributed by atoms with E-state index in [1.807, 2.05) is 0 Å². The van der Waals surface area contributed by atoms with Crippen LogP contribution in [0.4, 0.5) is 34.1 Å². The van der Waals surface area contributed by atoms with Gasteiger partial charge in [0, 0.05) is 99.6 Å². The summed E-state index contributed by atoms with van der Waals surface area (Å²) in [5, 5.41) is 6.78. The SMILES string of the molecule is c1ccc(-c2ccc3c(c2)-c2cc4c(cc2Oc2ccccc2-c2c(-c5ccccc5)ccc5c2N3c2cc(-n3c6ccccc6c6ccccc63)cc3c2B5c2ccc(-c5ccccc5)c5c2N3c2ccc(-c3ccccc3)cc2-c2cc3c(cc2Oc2ccccc2-5)c2ccccc2n3-c2ccccc2)c2ccccc2n4-c2ccccc2)cc1. The molecule has 0 saturated heterocycles. The molecule has 3 aromatic heterocycles. The average molecular weight is 1550 g/mol. The molecule has 26 rings (SSSR count). The van der Waals surface area contributed by atoms with E-state index in [0.29, 0.717) is 0 Å². The number of rotatable bonds is 7. The molecule has 0 spiro atoms. The van der Waals surface area contributed by atoms with Crippen LogP contribution in [0.1, 0.15) is 0 Å². The van der Waals surface area contributed by atoms with E-state index in [-0.39, 0.29) is 0 Å². The zero-order chi connectivity index (χ0) is 79.8. The van der Waals surface area contributed by atoms with Crippen molar-refractivity contribution in [3.63, 3.8) is 0 Å². The maximum Gasteiger partial charge on any atom is 0.252 e. The van der Waals surface area contributed by atoms with E-state index in [2.05, 4.69) is 448 Å². The first-order chi connectivity index (χ1) is 60.6. The molecule has 122 heavy (non-hydrogen) atoms. The second-order valence-electron chi connectivity index (χ2n) is 32.5. The van der Waals surface area contributed by atoms with Crippen LogP contribution in [0.25, 0.3) is 171 Å². The van der Waals surface area contributed by atoms with E-state index in [0.717, 1.165) is 234 Å². The highest BCUT2D eigenvalue weighted by atomic mass is 16.5. The van der Waals surface area contributed by atoms with E-state index in [9.17, 15) is 0 Å². The Hall–Kier alpha value is -16.2. The minimum atomic E-state index is -0.426. The lowest BCUT2D eigenvalue weighted by molar-refractivity contribution is 0.487. The molecule has 7 nitrogen and oxygen atoms in total. The van der Waals surface area contributed by atoms with E-state index < -0.39 is 6.71 Å². The zero-order valence-electron chi connectivity index (χ0n) is 66.0. The molecule has 22 aromatic rings. The van der Waals surface area contributed by atoms with Crippen LogP contribution >= 0.6 is 0 Å². The van der Waals surface area contributed by atoms with Gasteiger partial charge in [-0.1, -0.05) is 303 Å². The Morgan fingerprint density at radius 1 is 0.189 bits per heavy atom. The molecule has 0 N–H and O–H groups in total. The van der Waals surface area contributed by atoms with Crippen molar-refractivity contribution in [1.29, 1.82) is 0 Å². The maximum absolute atomic E-state index is 8.03. The molecule has 0 saturated carbocycles. The first-order valence-electron chi connectivity index (χ1n) is 42.0. The van der Waals surface area contributed by atoms with E-state index >= 15 is 0 Å². The fourth-order valence-electron chi connectivity index (χ4n) is 20.8. The van der Waals surface area contributed by atoms with Gasteiger partial charge in [0.05, 0.1) is 61.5 Å². The molecular weight excluding hydrogens is 1480 g/mol. The molecule has 8 heteroatoms. The van der Waals surface area contributed by atoms with Crippen LogP contribution in [0.2, 0.25) is 0 Å². The first kappa shape index (κ1) is 68.0. The van der Waals surface area contributed by atoms with Crippen molar-refractivity contribution in [2.75, 3.05) is 9.80 Å². The number of hydrogen-bond acceptors (Lipinski definition) is 4. The predicted octanol–water partition coefficient (Wildman–Crippen LogP) is 28.6. The van der Waals surface area contributed by atoms with Crippen LogP contribution < -0.4 is 35.7 Å². The van der Waals surface area contributed by atoms with Gasteiger partial charge < -0.3 is 33.0 Å². The summed E-state index contributed by atoms with van der Waals surface area (Å²) in [5.74, 6) is 2.96. The third-order valence-corrected chi connectivity index (χ3v) is 26.0. The maximum atomic E-state index is 8.03. The van der Waals surface area contributed by atoms with Crippen molar-refractivity contribution in [3.05, 3.63) is 425 Å². The second kappa shape index (κ2) is 26.7. The third-order valence-electron chi connectivity index (χ3n) is 26.0. The van der Waals surface area contributed by atoms with E-state index in [1.165, 1.54) is 10.8 Å². The first-order valence-corrected chi connectivity index (χ1v) is 42.0. The summed E-state index contributed by atoms with van der Waals surface area (Å²) in [7, 11) is 0. The largest absolute Gasteiger partial charge is 0.456 e. The molecular formula is C114H70BN5O2. The van der Waals surface area contributed by atoms with E-state index in [1.54, 1.807) is 0 Å². The van der Waals surface area contributed by atoms with Crippen molar-refractivity contribution in [2.24, 2.45) is 0 Å². The fourth-order valence-corrected chi connectivity index (χ4v) is 20.8. The lowest BCUT2D eigenvalue weighted by atomic mass is 9.33. The topological polar surface area (TPSA) is 39.7 Å². The average Bonchev–Trinajstić information content (AvgIpc) is 0.765. The monoisotopic (exact) mass is 1550 g/mol. The Morgan fingerprint density at radius 3 is 0.926 bits per heavy atom. The Morgan fingerprint density at radius 2 is 0.525 bits per heavy atom. The molecule has 7 heterocycles. The van der Waals surface area contributed by atoms with Crippen molar-refractivity contribution >= 4 is 123 Å². The number of aromatic nitrogens is 3. The van der Waals surface area contributed by atoms with Crippen LogP contribution in [0.3, 0.4) is 0 Å². The lowest BCUT2D eigenvalue weighted by Crippen LogP contribution is -2.61. The normalized spacial score (nSPS) is 12.7. The highest BCUT2D eigenvalue weighted by Crippen LogP contribution is 2.61. The summed E-state index contributed by atoms with van der Waals surface area (Å²) in [6, 6.07) is 158. The Labute approximate surface area is 704 Å². The van der Waals surface area contributed by atoms with Gasteiger partial charge in [-0.2, -0.15) is 0 Å². The van der Waals surface area contributed by atoms with E-state index in [4.69, 9.17) is 9.47 Å². The molecule has 0 amide bonds. The Kier molecular flexibility index (Phi) is 14.9. The molecule has 0 atom stereocenters. The number of ether oxygens (including phenoxy) is 2.